The number of rotatable bonds is 5. The quantitative estimate of drug-likeness (QED) is 0.633. The standard InChI is InChI=1S/C23H24N2O.CO2/c1-18-9-11-19(12-10-18)17-26-22-14-21(15-24-16-22)25-13-5-8-23(25)20-6-3-2-4-7-20;2-1-3/h2-4,6-7,9-12,14-16,23H,5,8,13,17H2,1H3;. The van der Waals surface area contributed by atoms with E-state index in [2.05, 4.69) is 77.5 Å². The van der Waals surface area contributed by atoms with Crippen LogP contribution >= 0.6 is 0 Å². The molecule has 2 heterocycles. The van der Waals surface area contributed by atoms with Crippen LogP contribution in [0, 0.1) is 6.92 Å². The minimum atomic E-state index is 0.250. The Morgan fingerprint density at radius 3 is 2.52 bits per heavy atom. The van der Waals surface area contributed by atoms with Gasteiger partial charge in [-0.2, -0.15) is 9.59 Å². The molecule has 1 unspecified atom stereocenters. The molecule has 0 bridgehead atoms. The van der Waals surface area contributed by atoms with Crippen molar-refractivity contribution in [2.45, 2.75) is 32.4 Å². The number of anilines is 1. The van der Waals surface area contributed by atoms with Gasteiger partial charge in [-0.3, -0.25) is 4.98 Å². The highest BCUT2D eigenvalue weighted by Crippen LogP contribution is 2.36. The fourth-order valence-electron chi connectivity index (χ4n) is 3.59. The molecule has 0 saturated carbocycles. The molecule has 0 aliphatic carbocycles. The summed E-state index contributed by atoms with van der Waals surface area (Å²) in [5.41, 5.74) is 4.94. The molecule has 5 nitrogen and oxygen atoms in total. The number of carbonyl (C=O) groups excluding carboxylic acids is 2. The Labute approximate surface area is 171 Å². The molecular formula is C24H24N2O3. The van der Waals surface area contributed by atoms with Crippen LogP contribution in [0.5, 0.6) is 5.75 Å². The maximum atomic E-state index is 8.12. The summed E-state index contributed by atoms with van der Waals surface area (Å²) in [6.07, 6.45) is 6.37. The number of ether oxygens (including phenoxy) is 1. The van der Waals surface area contributed by atoms with E-state index >= 15 is 0 Å². The normalized spacial score (nSPS) is 15.2. The molecule has 29 heavy (non-hydrogen) atoms. The number of hydrogen-bond donors (Lipinski definition) is 0. The van der Waals surface area contributed by atoms with Crippen LogP contribution in [-0.4, -0.2) is 17.7 Å². The second-order valence-electron chi connectivity index (χ2n) is 7.00. The van der Waals surface area contributed by atoms with Gasteiger partial charge in [-0.05, 0) is 30.9 Å². The Bertz CT molecular complexity index is 936. The van der Waals surface area contributed by atoms with Crippen molar-refractivity contribution in [2.75, 3.05) is 11.4 Å². The van der Waals surface area contributed by atoms with E-state index in [0.717, 1.165) is 18.0 Å². The van der Waals surface area contributed by atoms with Crippen molar-refractivity contribution in [1.29, 1.82) is 0 Å². The lowest BCUT2D eigenvalue weighted by molar-refractivity contribution is -0.191. The molecule has 3 aromatic rings. The van der Waals surface area contributed by atoms with Crippen LogP contribution < -0.4 is 9.64 Å². The van der Waals surface area contributed by atoms with Crippen molar-refractivity contribution in [3.05, 3.63) is 89.7 Å². The molecule has 4 rings (SSSR count). The summed E-state index contributed by atoms with van der Waals surface area (Å²) in [4.78, 5) is 23.1. The Morgan fingerprint density at radius 1 is 1.07 bits per heavy atom. The lowest BCUT2D eigenvalue weighted by Gasteiger charge is -2.27. The zero-order valence-electron chi connectivity index (χ0n) is 16.5. The predicted octanol–water partition coefficient (Wildman–Crippen LogP) is 4.73. The minimum absolute atomic E-state index is 0.250. The SMILES string of the molecule is Cc1ccc(COc2cncc(N3CCCC3c3ccccc3)c2)cc1.O=C=O. The van der Waals surface area contributed by atoms with E-state index in [1.807, 2.05) is 6.20 Å². The van der Waals surface area contributed by atoms with Crippen molar-refractivity contribution in [2.24, 2.45) is 0 Å². The van der Waals surface area contributed by atoms with Crippen molar-refractivity contribution < 1.29 is 14.3 Å². The van der Waals surface area contributed by atoms with Gasteiger partial charge in [0.1, 0.15) is 12.4 Å². The zero-order chi connectivity index (χ0) is 20.5. The molecule has 1 aliphatic rings. The number of pyridine rings is 1. The monoisotopic (exact) mass is 388 g/mol. The van der Waals surface area contributed by atoms with Crippen LogP contribution in [0.4, 0.5) is 5.69 Å². The average molecular weight is 388 g/mol. The van der Waals surface area contributed by atoms with Gasteiger partial charge in [-0.1, -0.05) is 60.2 Å². The van der Waals surface area contributed by atoms with Crippen molar-refractivity contribution >= 4 is 11.8 Å². The van der Waals surface area contributed by atoms with E-state index in [0.29, 0.717) is 12.6 Å². The summed E-state index contributed by atoms with van der Waals surface area (Å²) >= 11 is 0. The third kappa shape index (κ3) is 5.53. The van der Waals surface area contributed by atoms with Crippen LogP contribution in [0.1, 0.15) is 35.6 Å². The first kappa shape index (κ1) is 20.3. The molecule has 0 N–H and O–H groups in total. The van der Waals surface area contributed by atoms with E-state index in [1.165, 1.54) is 29.5 Å². The first-order valence-corrected chi connectivity index (χ1v) is 9.65. The predicted molar refractivity (Wildman–Crippen MR) is 111 cm³/mol. The Kier molecular flexibility index (Phi) is 7.15. The van der Waals surface area contributed by atoms with Crippen molar-refractivity contribution in [3.63, 3.8) is 0 Å². The summed E-state index contributed by atoms with van der Waals surface area (Å²) in [7, 11) is 0. The molecule has 1 aliphatic heterocycles. The highest BCUT2D eigenvalue weighted by molar-refractivity contribution is 5.51. The molecule has 1 atom stereocenters. The van der Waals surface area contributed by atoms with E-state index in [1.54, 1.807) is 6.20 Å². The molecular weight excluding hydrogens is 364 g/mol. The van der Waals surface area contributed by atoms with Crippen LogP contribution in [0.15, 0.2) is 73.1 Å². The lowest BCUT2D eigenvalue weighted by atomic mass is 10.0. The highest BCUT2D eigenvalue weighted by atomic mass is 16.5. The zero-order valence-corrected chi connectivity index (χ0v) is 16.5. The molecule has 0 spiro atoms. The molecule has 148 valence electrons. The third-order valence-electron chi connectivity index (χ3n) is 4.99. The van der Waals surface area contributed by atoms with Gasteiger partial charge in [0, 0.05) is 12.6 Å². The molecule has 0 amide bonds. The van der Waals surface area contributed by atoms with E-state index in [-0.39, 0.29) is 6.15 Å². The van der Waals surface area contributed by atoms with Crippen LogP contribution in [0.2, 0.25) is 0 Å². The molecule has 1 fully saturated rings. The van der Waals surface area contributed by atoms with E-state index in [4.69, 9.17) is 14.3 Å². The van der Waals surface area contributed by atoms with Gasteiger partial charge in [0.05, 0.1) is 24.1 Å². The second kappa shape index (κ2) is 10.2. The number of aryl methyl sites for hydroxylation is 1. The Morgan fingerprint density at radius 2 is 1.79 bits per heavy atom. The third-order valence-corrected chi connectivity index (χ3v) is 4.99. The Hall–Kier alpha value is -3.43. The van der Waals surface area contributed by atoms with Gasteiger partial charge in [0.15, 0.2) is 0 Å². The van der Waals surface area contributed by atoms with Gasteiger partial charge < -0.3 is 9.64 Å². The molecule has 1 aromatic heterocycles. The first-order valence-electron chi connectivity index (χ1n) is 9.65. The van der Waals surface area contributed by atoms with Crippen LogP contribution in [0.25, 0.3) is 0 Å². The highest BCUT2D eigenvalue weighted by Gasteiger charge is 2.26. The molecule has 0 radical (unpaired) electrons. The number of nitrogens with zero attached hydrogens (tertiary/aromatic N) is 2. The maximum Gasteiger partial charge on any atom is 0.373 e. The van der Waals surface area contributed by atoms with Crippen LogP contribution in [-0.2, 0) is 16.2 Å². The first-order chi connectivity index (χ1) is 14.2. The number of aromatic nitrogens is 1. The fourth-order valence-corrected chi connectivity index (χ4v) is 3.59. The minimum Gasteiger partial charge on any atom is -0.487 e. The number of hydrogen-bond acceptors (Lipinski definition) is 5. The maximum absolute atomic E-state index is 8.12. The van der Waals surface area contributed by atoms with E-state index < -0.39 is 0 Å². The second-order valence-corrected chi connectivity index (χ2v) is 7.00. The Balaban J connectivity index is 0.000000755. The molecule has 5 heteroatoms. The van der Waals surface area contributed by atoms with Gasteiger partial charge in [0.25, 0.3) is 0 Å². The van der Waals surface area contributed by atoms with Gasteiger partial charge in [0.2, 0.25) is 0 Å². The smallest absolute Gasteiger partial charge is 0.373 e. The van der Waals surface area contributed by atoms with E-state index in [9.17, 15) is 0 Å². The topological polar surface area (TPSA) is 59.5 Å². The molecule has 1 saturated heterocycles. The van der Waals surface area contributed by atoms with Crippen molar-refractivity contribution in [1.82, 2.24) is 4.98 Å². The summed E-state index contributed by atoms with van der Waals surface area (Å²) in [5, 5.41) is 0. The lowest BCUT2D eigenvalue weighted by Crippen LogP contribution is -2.22. The summed E-state index contributed by atoms with van der Waals surface area (Å²) < 4.78 is 5.98. The van der Waals surface area contributed by atoms with Gasteiger partial charge >= 0.3 is 6.15 Å². The largest absolute Gasteiger partial charge is 0.487 e. The van der Waals surface area contributed by atoms with Crippen molar-refractivity contribution in [3.8, 4) is 5.75 Å². The fraction of sp³-hybridized carbons (Fsp3) is 0.250. The van der Waals surface area contributed by atoms with Crippen LogP contribution in [0.3, 0.4) is 0 Å². The summed E-state index contributed by atoms with van der Waals surface area (Å²) in [6, 6.07) is 21.7. The number of benzene rings is 2. The van der Waals surface area contributed by atoms with Gasteiger partial charge in [-0.25, -0.2) is 0 Å². The van der Waals surface area contributed by atoms with Gasteiger partial charge in [-0.15, -0.1) is 0 Å². The summed E-state index contributed by atoms with van der Waals surface area (Å²) in [5.74, 6) is 0.821. The average Bonchev–Trinajstić information content (AvgIpc) is 3.25. The molecule has 2 aromatic carbocycles. The summed E-state index contributed by atoms with van der Waals surface area (Å²) in [6.45, 7) is 3.72.